The summed E-state index contributed by atoms with van der Waals surface area (Å²) in [5, 5.41) is 12.8. The quantitative estimate of drug-likeness (QED) is 0.407. The third-order valence-electron chi connectivity index (χ3n) is 4.41. The van der Waals surface area contributed by atoms with E-state index >= 15 is 0 Å². The van der Waals surface area contributed by atoms with Crippen LogP contribution in [0.3, 0.4) is 0 Å². The summed E-state index contributed by atoms with van der Waals surface area (Å²) in [6, 6.07) is 3.80. The third-order valence-corrected chi connectivity index (χ3v) is 4.41. The van der Waals surface area contributed by atoms with E-state index in [-0.39, 0.29) is 30.0 Å². The van der Waals surface area contributed by atoms with Crippen LogP contribution in [0, 0.1) is 6.92 Å². The van der Waals surface area contributed by atoms with Gasteiger partial charge in [-0.15, -0.1) is 0 Å². The lowest BCUT2D eigenvalue weighted by Gasteiger charge is -2.20. The first-order valence-corrected chi connectivity index (χ1v) is 9.58. The molecule has 11 heteroatoms. The number of nitrogens with one attached hydrogen (secondary N) is 2. The van der Waals surface area contributed by atoms with Gasteiger partial charge in [-0.3, -0.25) is 0 Å². The van der Waals surface area contributed by atoms with Crippen LogP contribution in [0.5, 0.6) is 0 Å². The molecular weight excluding hydrogens is 442 g/mol. The Bertz CT molecular complexity index is 941. The minimum Gasteiger partial charge on any atom is -0.456 e. The molecule has 1 unspecified atom stereocenters. The highest BCUT2D eigenvalue weighted by Gasteiger charge is 2.41. The van der Waals surface area contributed by atoms with Gasteiger partial charge in [0, 0.05) is 24.5 Å². The van der Waals surface area contributed by atoms with Crippen molar-refractivity contribution < 1.29 is 41.0 Å². The fourth-order valence-corrected chi connectivity index (χ4v) is 3.07. The molecule has 0 aliphatic carbocycles. The average molecular weight is 466 g/mol. The van der Waals surface area contributed by atoms with E-state index in [2.05, 4.69) is 10.3 Å². The Balaban J connectivity index is 2.16. The lowest BCUT2D eigenvalue weighted by atomic mass is 10.1. The highest BCUT2D eigenvalue weighted by Crippen LogP contribution is 2.37. The highest BCUT2D eigenvalue weighted by molar-refractivity contribution is 5.93. The van der Waals surface area contributed by atoms with Crippen LogP contribution in [0.4, 0.5) is 26.3 Å². The Hall–Kier alpha value is -2.53. The van der Waals surface area contributed by atoms with Crippen molar-refractivity contribution in [3.05, 3.63) is 57.9 Å². The van der Waals surface area contributed by atoms with Crippen molar-refractivity contribution in [3.8, 4) is 0 Å². The van der Waals surface area contributed by atoms with Crippen molar-refractivity contribution in [1.29, 1.82) is 0 Å². The van der Waals surface area contributed by atoms with Crippen LogP contribution in [0.1, 0.15) is 65.3 Å². The zero-order valence-electron chi connectivity index (χ0n) is 17.8. The SMILES string of the molecule is Cc1[nH]c(CNCC(O)c2ccc(C(F)(F)F)cc2)c(C(F)(F)F)c1C(=O)OC(C)(C)C. The first-order chi connectivity index (χ1) is 14.5. The number of hydrogen-bond acceptors (Lipinski definition) is 4. The summed E-state index contributed by atoms with van der Waals surface area (Å²) in [6.07, 6.45) is -10.6. The van der Waals surface area contributed by atoms with Crippen molar-refractivity contribution >= 4 is 5.97 Å². The molecule has 178 valence electrons. The number of aryl methyl sites for hydroxylation is 1. The topological polar surface area (TPSA) is 74.4 Å². The van der Waals surface area contributed by atoms with Crippen molar-refractivity contribution in [2.45, 2.75) is 58.3 Å². The molecular formula is C21H24F6N2O3. The Morgan fingerprint density at radius 1 is 1.06 bits per heavy atom. The summed E-state index contributed by atoms with van der Waals surface area (Å²) in [5.41, 5.74) is -3.84. The number of aromatic amines is 1. The summed E-state index contributed by atoms with van der Waals surface area (Å²) in [4.78, 5) is 14.9. The number of rotatable bonds is 6. The van der Waals surface area contributed by atoms with Crippen LogP contribution >= 0.6 is 0 Å². The summed E-state index contributed by atoms with van der Waals surface area (Å²) < 4.78 is 84.1. The lowest BCUT2D eigenvalue weighted by Crippen LogP contribution is -2.26. The smallest absolute Gasteiger partial charge is 0.419 e. The van der Waals surface area contributed by atoms with E-state index in [1.165, 1.54) is 27.7 Å². The first-order valence-electron chi connectivity index (χ1n) is 9.58. The second-order valence-electron chi connectivity index (χ2n) is 8.24. The van der Waals surface area contributed by atoms with E-state index < -0.39 is 46.7 Å². The summed E-state index contributed by atoms with van der Waals surface area (Å²) in [7, 11) is 0. The molecule has 5 nitrogen and oxygen atoms in total. The zero-order valence-corrected chi connectivity index (χ0v) is 17.8. The molecule has 0 saturated heterocycles. The van der Waals surface area contributed by atoms with E-state index in [0.717, 1.165) is 24.3 Å². The molecule has 0 amide bonds. The maximum Gasteiger partial charge on any atom is 0.419 e. The molecule has 1 aromatic carbocycles. The standard InChI is InChI=1S/C21H24F6N2O3/c1-11-16(18(31)32-19(2,3)4)17(21(25,26)27)14(29-11)9-28-10-15(30)12-5-7-13(8-6-12)20(22,23)24/h5-8,15,28-30H,9-10H2,1-4H3. The minimum absolute atomic E-state index is 0.0216. The largest absolute Gasteiger partial charge is 0.456 e. The van der Waals surface area contributed by atoms with Gasteiger partial charge in [0.2, 0.25) is 0 Å². The maximum absolute atomic E-state index is 13.7. The second kappa shape index (κ2) is 9.14. The fraction of sp³-hybridized carbons (Fsp3) is 0.476. The first kappa shape index (κ1) is 25.7. The van der Waals surface area contributed by atoms with Gasteiger partial charge < -0.3 is 20.1 Å². The van der Waals surface area contributed by atoms with Crippen molar-refractivity contribution in [3.63, 3.8) is 0 Å². The number of H-pyrrole nitrogens is 1. The molecule has 2 rings (SSSR count). The number of carbonyl (C=O) groups is 1. The summed E-state index contributed by atoms with van der Waals surface area (Å²) >= 11 is 0. The Labute approximate surface area is 180 Å². The molecule has 1 atom stereocenters. The van der Waals surface area contributed by atoms with Crippen molar-refractivity contribution in [2.24, 2.45) is 0 Å². The van der Waals surface area contributed by atoms with Crippen LogP contribution in [0.25, 0.3) is 0 Å². The Morgan fingerprint density at radius 3 is 2.09 bits per heavy atom. The number of aliphatic hydroxyl groups is 1. The molecule has 0 bridgehead atoms. The molecule has 32 heavy (non-hydrogen) atoms. The van der Waals surface area contributed by atoms with E-state index in [4.69, 9.17) is 4.74 Å². The number of hydrogen-bond donors (Lipinski definition) is 3. The number of aliphatic hydroxyl groups excluding tert-OH is 1. The normalized spacial score (nSPS) is 13.8. The monoisotopic (exact) mass is 466 g/mol. The Kier molecular flexibility index (Phi) is 7.35. The summed E-state index contributed by atoms with van der Waals surface area (Å²) in [6.45, 7) is 5.30. The van der Waals surface area contributed by atoms with Gasteiger partial charge in [0.25, 0.3) is 0 Å². The summed E-state index contributed by atoms with van der Waals surface area (Å²) in [5.74, 6) is -1.12. The van der Waals surface area contributed by atoms with Gasteiger partial charge >= 0.3 is 18.3 Å². The van der Waals surface area contributed by atoms with E-state index in [1.807, 2.05) is 0 Å². The van der Waals surface area contributed by atoms with Crippen LogP contribution in [-0.2, 0) is 23.6 Å². The molecule has 0 fully saturated rings. The molecule has 0 aliphatic heterocycles. The van der Waals surface area contributed by atoms with Gasteiger partial charge in [-0.2, -0.15) is 26.3 Å². The second-order valence-corrected chi connectivity index (χ2v) is 8.24. The van der Waals surface area contributed by atoms with Crippen LogP contribution in [0.15, 0.2) is 24.3 Å². The number of halogens is 6. The van der Waals surface area contributed by atoms with Gasteiger partial charge in [0.05, 0.1) is 22.8 Å². The molecule has 3 N–H and O–H groups in total. The molecule has 1 aromatic heterocycles. The van der Waals surface area contributed by atoms with E-state index in [0.29, 0.717) is 0 Å². The average Bonchev–Trinajstić information content (AvgIpc) is 2.96. The number of ether oxygens (including phenoxy) is 1. The number of benzene rings is 1. The predicted molar refractivity (Wildman–Crippen MR) is 104 cm³/mol. The molecule has 0 aliphatic rings. The molecule has 0 saturated carbocycles. The van der Waals surface area contributed by atoms with Gasteiger partial charge in [-0.25, -0.2) is 4.79 Å². The molecule has 0 spiro atoms. The highest BCUT2D eigenvalue weighted by atomic mass is 19.4. The number of esters is 1. The van der Waals surface area contributed by atoms with Crippen molar-refractivity contribution in [1.82, 2.24) is 10.3 Å². The predicted octanol–water partition coefficient (Wildman–Crippen LogP) is 5.14. The van der Waals surface area contributed by atoms with E-state index in [9.17, 15) is 36.2 Å². The minimum atomic E-state index is -4.85. The van der Waals surface area contributed by atoms with Crippen molar-refractivity contribution in [2.75, 3.05) is 6.54 Å². The number of aromatic nitrogens is 1. The van der Waals surface area contributed by atoms with Crippen LogP contribution in [0.2, 0.25) is 0 Å². The van der Waals surface area contributed by atoms with Gasteiger partial charge in [-0.05, 0) is 45.4 Å². The van der Waals surface area contributed by atoms with Crippen LogP contribution < -0.4 is 5.32 Å². The maximum atomic E-state index is 13.7. The molecule has 2 aromatic rings. The molecule has 0 radical (unpaired) electrons. The number of carbonyl (C=O) groups excluding carboxylic acids is 1. The lowest BCUT2D eigenvalue weighted by molar-refractivity contribution is -0.139. The van der Waals surface area contributed by atoms with Crippen LogP contribution in [-0.4, -0.2) is 28.2 Å². The zero-order chi connectivity index (χ0) is 24.5. The fourth-order valence-electron chi connectivity index (χ4n) is 3.07. The molecule has 1 heterocycles. The van der Waals surface area contributed by atoms with Gasteiger partial charge in [-0.1, -0.05) is 12.1 Å². The van der Waals surface area contributed by atoms with Gasteiger partial charge in [0.1, 0.15) is 5.60 Å². The Morgan fingerprint density at radius 2 is 1.62 bits per heavy atom. The third kappa shape index (κ3) is 6.49. The van der Waals surface area contributed by atoms with E-state index in [1.54, 1.807) is 0 Å². The van der Waals surface area contributed by atoms with Gasteiger partial charge in [0.15, 0.2) is 0 Å². The number of alkyl halides is 6.